The number of hydrogen-bond acceptors (Lipinski definition) is 3. The highest BCUT2D eigenvalue weighted by atomic mass is 32.1. The number of hydrogen-bond donors (Lipinski definition) is 1. The first-order chi connectivity index (χ1) is 10.0. The van der Waals surface area contributed by atoms with Crippen LogP contribution in [-0.4, -0.2) is 12.1 Å². The largest absolute Gasteiger partial charge is 0.497 e. The van der Waals surface area contributed by atoms with Gasteiger partial charge in [-0.25, -0.2) is 8.78 Å². The maximum absolute atomic E-state index is 13.8. The summed E-state index contributed by atoms with van der Waals surface area (Å²) in [5.74, 6) is -0.457. The average molecular weight is 309 g/mol. The zero-order valence-corrected chi connectivity index (χ0v) is 12.0. The summed E-state index contributed by atoms with van der Waals surface area (Å²) in [4.78, 5) is -0.113. The van der Waals surface area contributed by atoms with Gasteiger partial charge in [-0.05, 0) is 24.3 Å². The zero-order chi connectivity index (χ0) is 15.4. The summed E-state index contributed by atoms with van der Waals surface area (Å²) < 4.78 is 37.8. The lowest BCUT2D eigenvalue weighted by Crippen LogP contribution is -2.14. The van der Waals surface area contributed by atoms with Gasteiger partial charge < -0.3 is 15.2 Å². The Labute approximate surface area is 126 Å². The summed E-state index contributed by atoms with van der Waals surface area (Å²) in [6.07, 6.45) is 0. The lowest BCUT2D eigenvalue weighted by Gasteiger charge is -2.12. The van der Waals surface area contributed by atoms with E-state index in [2.05, 4.69) is 0 Å². The molecule has 0 fully saturated rings. The molecule has 0 bridgehead atoms. The van der Waals surface area contributed by atoms with Crippen LogP contribution < -0.4 is 15.2 Å². The van der Waals surface area contributed by atoms with Crippen LogP contribution in [0, 0.1) is 11.6 Å². The fraction of sp³-hybridized carbons (Fsp3) is 0.133. The van der Waals surface area contributed by atoms with Crippen LogP contribution in [0.1, 0.15) is 11.1 Å². The third kappa shape index (κ3) is 3.46. The molecule has 2 N–H and O–H groups in total. The van der Waals surface area contributed by atoms with Gasteiger partial charge in [0.2, 0.25) is 0 Å². The molecule has 0 amide bonds. The minimum absolute atomic E-state index is 0.0152. The quantitative estimate of drug-likeness (QED) is 0.862. The van der Waals surface area contributed by atoms with E-state index in [4.69, 9.17) is 27.4 Å². The molecular formula is C15H13F2NO2S. The van der Waals surface area contributed by atoms with E-state index >= 15 is 0 Å². The van der Waals surface area contributed by atoms with E-state index in [1.54, 1.807) is 6.07 Å². The summed E-state index contributed by atoms with van der Waals surface area (Å²) in [6.45, 7) is -0.0745. The van der Waals surface area contributed by atoms with Gasteiger partial charge in [-0.15, -0.1) is 0 Å². The topological polar surface area (TPSA) is 44.5 Å². The molecule has 6 heteroatoms. The fourth-order valence-corrected chi connectivity index (χ4v) is 1.99. The predicted molar refractivity (Wildman–Crippen MR) is 79.6 cm³/mol. The molecule has 2 aromatic rings. The molecular weight excluding hydrogens is 296 g/mol. The second kappa shape index (κ2) is 6.49. The van der Waals surface area contributed by atoms with Gasteiger partial charge in [0.05, 0.1) is 12.7 Å². The van der Waals surface area contributed by atoms with Crippen molar-refractivity contribution in [3.8, 4) is 11.5 Å². The highest BCUT2D eigenvalue weighted by molar-refractivity contribution is 7.80. The van der Waals surface area contributed by atoms with E-state index in [1.165, 1.54) is 37.4 Å². The standard InChI is InChI=1S/C15H13F2NO2S/c1-19-10-6-5-9(12(17)7-10)8-20-13-4-2-3-11(16)14(13)15(18)21/h2-7H,8H2,1H3,(H2,18,21). The maximum atomic E-state index is 13.8. The van der Waals surface area contributed by atoms with Crippen molar-refractivity contribution in [1.29, 1.82) is 0 Å². The molecule has 0 aliphatic carbocycles. The Morgan fingerprint density at radius 2 is 1.95 bits per heavy atom. The average Bonchev–Trinajstić information content (AvgIpc) is 2.45. The monoisotopic (exact) mass is 309 g/mol. The Bertz CT molecular complexity index is 677. The SMILES string of the molecule is COc1ccc(COc2cccc(F)c2C(N)=S)c(F)c1. The number of thiocarbonyl (C=S) groups is 1. The lowest BCUT2D eigenvalue weighted by molar-refractivity contribution is 0.297. The Morgan fingerprint density at radius 3 is 2.57 bits per heavy atom. The van der Waals surface area contributed by atoms with Gasteiger partial charge in [-0.2, -0.15) is 0 Å². The molecule has 0 saturated carbocycles. The zero-order valence-electron chi connectivity index (χ0n) is 11.2. The number of nitrogens with two attached hydrogens (primary N) is 1. The summed E-state index contributed by atoms with van der Waals surface area (Å²) in [5.41, 5.74) is 5.80. The van der Waals surface area contributed by atoms with Gasteiger partial charge in [0.1, 0.15) is 34.7 Å². The Balaban J connectivity index is 2.21. The molecule has 0 aliphatic heterocycles. The van der Waals surface area contributed by atoms with Crippen molar-refractivity contribution in [3.63, 3.8) is 0 Å². The smallest absolute Gasteiger partial charge is 0.137 e. The van der Waals surface area contributed by atoms with Crippen molar-refractivity contribution >= 4 is 17.2 Å². The molecule has 2 rings (SSSR count). The third-order valence-electron chi connectivity index (χ3n) is 2.87. The van der Waals surface area contributed by atoms with Crippen molar-refractivity contribution in [3.05, 3.63) is 59.2 Å². The lowest BCUT2D eigenvalue weighted by atomic mass is 10.2. The minimum Gasteiger partial charge on any atom is -0.497 e. The van der Waals surface area contributed by atoms with Gasteiger partial charge in [-0.3, -0.25) is 0 Å². The summed E-state index contributed by atoms with van der Waals surface area (Å²) in [6, 6.07) is 8.62. The van der Waals surface area contributed by atoms with E-state index in [0.29, 0.717) is 11.3 Å². The Morgan fingerprint density at radius 1 is 1.19 bits per heavy atom. The molecule has 0 heterocycles. The first kappa shape index (κ1) is 15.2. The summed E-state index contributed by atoms with van der Waals surface area (Å²) in [5, 5.41) is 0. The van der Waals surface area contributed by atoms with Crippen LogP contribution in [0.2, 0.25) is 0 Å². The van der Waals surface area contributed by atoms with Crippen LogP contribution in [-0.2, 0) is 6.61 Å². The van der Waals surface area contributed by atoms with E-state index in [1.807, 2.05) is 0 Å². The molecule has 2 aromatic carbocycles. The van der Waals surface area contributed by atoms with Crippen LogP contribution in [0.3, 0.4) is 0 Å². The molecule has 0 aromatic heterocycles. The third-order valence-corrected chi connectivity index (χ3v) is 3.07. The summed E-state index contributed by atoms with van der Waals surface area (Å²) >= 11 is 4.79. The van der Waals surface area contributed by atoms with Crippen LogP contribution in [0.4, 0.5) is 8.78 Å². The number of rotatable bonds is 5. The van der Waals surface area contributed by atoms with Crippen LogP contribution in [0.25, 0.3) is 0 Å². The summed E-state index contributed by atoms with van der Waals surface area (Å²) in [7, 11) is 1.45. The number of benzene rings is 2. The van der Waals surface area contributed by atoms with Crippen molar-refractivity contribution in [2.45, 2.75) is 6.61 Å². The first-order valence-corrected chi connectivity index (χ1v) is 6.47. The van der Waals surface area contributed by atoms with Crippen molar-refractivity contribution in [1.82, 2.24) is 0 Å². The highest BCUT2D eigenvalue weighted by Gasteiger charge is 2.13. The second-order valence-corrected chi connectivity index (χ2v) is 4.66. The maximum Gasteiger partial charge on any atom is 0.137 e. The molecule has 0 aliphatic rings. The number of ether oxygens (including phenoxy) is 2. The van der Waals surface area contributed by atoms with E-state index in [0.717, 1.165) is 0 Å². The van der Waals surface area contributed by atoms with Gasteiger partial charge in [0.25, 0.3) is 0 Å². The van der Waals surface area contributed by atoms with E-state index in [-0.39, 0.29) is 22.9 Å². The molecule has 0 radical (unpaired) electrons. The molecule has 3 nitrogen and oxygen atoms in total. The minimum atomic E-state index is -0.574. The number of halogens is 2. The van der Waals surface area contributed by atoms with Crippen LogP contribution in [0.5, 0.6) is 11.5 Å². The fourth-order valence-electron chi connectivity index (χ4n) is 1.79. The highest BCUT2D eigenvalue weighted by Crippen LogP contribution is 2.24. The molecule has 110 valence electrons. The molecule has 0 unspecified atom stereocenters. The molecule has 0 saturated heterocycles. The van der Waals surface area contributed by atoms with E-state index in [9.17, 15) is 8.78 Å². The molecule has 0 spiro atoms. The molecule has 21 heavy (non-hydrogen) atoms. The second-order valence-electron chi connectivity index (χ2n) is 4.22. The van der Waals surface area contributed by atoms with Crippen LogP contribution in [0.15, 0.2) is 36.4 Å². The van der Waals surface area contributed by atoms with Gasteiger partial charge in [0, 0.05) is 11.6 Å². The Kier molecular flexibility index (Phi) is 4.70. The first-order valence-electron chi connectivity index (χ1n) is 6.06. The van der Waals surface area contributed by atoms with E-state index < -0.39 is 11.6 Å². The van der Waals surface area contributed by atoms with Gasteiger partial charge in [-0.1, -0.05) is 18.3 Å². The number of methoxy groups -OCH3 is 1. The Hall–Kier alpha value is -2.21. The van der Waals surface area contributed by atoms with Gasteiger partial charge in [0.15, 0.2) is 0 Å². The van der Waals surface area contributed by atoms with Crippen LogP contribution >= 0.6 is 12.2 Å². The molecule has 0 atom stereocenters. The van der Waals surface area contributed by atoms with Crippen molar-refractivity contribution in [2.75, 3.05) is 7.11 Å². The van der Waals surface area contributed by atoms with Crippen molar-refractivity contribution in [2.24, 2.45) is 5.73 Å². The normalized spacial score (nSPS) is 10.2. The van der Waals surface area contributed by atoms with Gasteiger partial charge >= 0.3 is 0 Å². The van der Waals surface area contributed by atoms with Crippen molar-refractivity contribution < 1.29 is 18.3 Å². The predicted octanol–water partition coefficient (Wildman–Crippen LogP) is 3.19.